The van der Waals surface area contributed by atoms with Crippen LogP contribution in [0.25, 0.3) is 11.0 Å². The number of nitrogens with one attached hydrogen (secondary N) is 1. The summed E-state index contributed by atoms with van der Waals surface area (Å²) in [5, 5.41) is 17.2. The minimum absolute atomic E-state index is 0.135. The van der Waals surface area contributed by atoms with Crippen molar-refractivity contribution in [3.05, 3.63) is 53.3 Å². The van der Waals surface area contributed by atoms with Gasteiger partial charge >= 0.3 is 5.97 Å². The Bertz CT molecular complexity index is 1020. The molecule has 8 nitrogen and oxygen atoms in total. The largest absolute Gasteiger partial charge is 0.497 e. The fraction of sp³-hybridized carbons (Fsp3) is 0.300. The number of ether oxygens (including phenoxy) is 1. The van der Waals surface area contributed by atoms with Gasteiger partial charge < -0.3 is 15.2 Å². The third-order valence-corrected chi connectivity index (χ3v) is 4.46. The molecule has 0 aliphatic heterocycles. The van der Waals surface area contributed by atoms with Gasteiger partial charge in [0.1, 0.15) is 5.75 Å². The predicted molar refractivity (Wildman–Crippen MR) is 103 cm³/mol. The summed E-state index contributed by atoms with van der Waals surface area (Å²) >= 11 is 0. The molecule has 8 heteroatoms. The summed E-state index contributed by atoms with van der Waals surface area (Å²) in [5.41, 5.74) is 1.96. The van der Waals surface area contributed by atoms with Gasteiger partial charge in [0, 0.05) is 11.4 Å². The van der Waals surface area contributed by atoms with Crippen LogP contribution >= 0.6 is 0 Å². The Morgan fingerprint density at radius 1 is 1.21 bits per heavy atom. The molecule has 1 amide bonds. The number of benzene rings is 1. The Morgan fingerprint density at radius 3 is 2.46 bits per heavy atom. The molecule has 0 radical (unpaired) electrons. The highest BCUT2D eigenvalue weighted by Gasteiger charge is 2.24. The zero-order chi connectivity index (χ0) is 20.4. The van der Waals surface area contributed by atoms with E-state index in [1.807, 2.05) is 13.8 Å². The predicted octanol–water partition coefficient (Wildman–Crippen LogP) is 2.88. The number of carboxylic acid groups (broad SMARTS) is 1. The maximum absolute atomic E-state index is 12.8. The number of aryl methyl sites for hydroxylation is 1. The van der Waals surface area contributed by atoms with Crippen molar-refractivity contribution in [3.8, 4) is 5.75 Å². The van der Waals surface area contributed by atoms with E-state index in [1.54, 1.807) is 48.1 Å². The van der Waals surface area contributed by atoms with Crippen molar-refractivity contribution >= 4 is 22.9 Å². The number of pyridine rings is 1. The zero-order valence-corrected chi connectivity index (χ0v) is 16.1. The van der Waals surface area contributed by atoms with Crippen LogP contribution in [0.2, 0.25) is 0 Å². The standard InChI is InChI=1S/C20H22N4O4/c1-11(2)24-18-14(10-21-24)9-16(12(3)22-18)19(25)23-17(20(26)27)13-5-7-15(28-4)8-6-13/h5-11,17H,1-4H3,(H,23,25)(H,26,27). The topological polar surface area (TPSA) is 106 Å². The molecular formula is C20H22N4O4. The number of aromatic nitrogens is 3. The SMILES string of the molecule is COc1ccc(C(NC(=O)c2cc3cnn(C(C)C)c3nc2C)C(=O)O)cc1. The van der Waals surface area contributed by atoms with Gasteiger partial charge in [0.25, 0.3) is 5.91 Å². The number of carbonyl (C=O) groups is 2. The van der Waals surface area contributed by atoms with Crippen molar-refractivity contribution < 1.29 is 19.4 Å². The third kappa shape index (κ3) is 3.66. The second kappa shape index (κ2) is 7.67. The van der Waals surface area contributed by atoms with Crippen LogP contribution in [0.15, 0.2) is 36.5 Å². The van der Waals surface area contributed by atoms with Gasteiger partial charge in [-0.15, -0.1) is 0 Å². The van der Waals surface area contributed by atoms with E-state index in [9.17, 15) is 14.7 Å². The summed E-state index contributed by atoms with van der Waals surface area (Å²) in [5.74, 6) is -1.06. The fourth-order valence-electron chi connectivity index (χ4n) is 2.97. The summed E-state index contributed by atoms with van der Waals surface area (Å²) in [7, 11) is 1.53. The lowest BCUT2D eigenvalue weighted by Gasteiger charge is -2.16. The van der Waals surface area contributed by atoms with Crippen LogP contribution in [0.5, 0.6) is 5.75 Å². The van der Waals surface area contributed by atoms with Crippen LogP contribution in [0.1, 0.15) is 47.5 Å². The molecule has 2 heterocycles. The van der Waals surface area contributed by atoms with E-state index in [0.29, 0.717) is 28.2 Å². The normalized spacial score (nSPS) is 12.2. The molecule has 0 fully saturated rings. The molecule has 0 saturated carbocycles. The number of methoxy groups -OCH3 is 1. The van der Waals surface area contributed by atoms with E-state index in [1.165, 1.54) is 7.11 Å². The van der Waals surface area contributed by atoms with Gasteiger partial charge in [0.05, 0.1) is 24.6 Å². The lowest BCUT2D eigenvalue weighted by molar-refractivity contribution is -0.139. The van der Waals surface area contributed by atoms with Crippen LogP contribution in [0, 0.1) is 6.92 Å². The van der Waals surface area contributed by atoms with Gasteiger partial charge in [-0.3, -0.25) is 4.79 Å². The van der Waals surface area contributed by atoms with E-state index in [-0.39, 0.29) is 6.04 Å². The Kier molecular flexibility index (Phi) is 5.30. The highest BCUT2D eigenvalue weighted by Crippen LogP contribution is 2.22. The number of carboxylic acids is 1. The zero-order valence-electron chi connectivity index (χ0n) is 16.1. The van der Waals surface area contributed by atoms with Crippen LogP contribution in [-0.4, -0.2) is 38.9 Å². The molecule has 0 aliphatic carbocycles. The van der Waals surface area contributed by atoms with Gasteiger partial charge in [-0.25, -0.2) is 14.5 Å². The molecule has 0 aliphatic rings. The van der Waals surface area contributed by atoms with E-state index in [4.69, 9.17) is 4.74 Å². The molecule has 2 aromatic heterocycles. The number of rotatable bonds is 6. The first kappa shape index (κ1) is 19.3. The summed E-state index contributed by atoms with van der Waals surface area (Å²) in [6.45, 7) is 5.71. The van der Waals surface area contributed by atoms with E-state index < -0.39 is 17.9 Å². The van der Waals surface area contributed by atoms with Crippen LogP contribution in [0.3, 0.4) is 0 Å². The summed E-state index contributed by atoms with van der Waals surface area (Å²) < 4.78 is 6.86. The Morgan fingerprint density at radius 2 is 1.89 bits per heavy atom. The molecule has 0 bridgehead atoms. The minimum Gasteiger partial charge on any atom is -0.497 e. The number of nitrogens with zero attached hydrogens (tertiary/aromatic N) is 3. The first-order valence-electron chi connectivity index (χ1n) is 8.84. The van der Waals surface area contributed by atoms with Crippen molar-refractivity contribution in [3.63, 3.8) is 0 Å². The fourth-order valence-corrected chi connectivity index (χ4v) is 2.97. The highest BCUT2D eigenvalue weighted by molar-refractivity contribution is 6.00. The van der Waals surface area contributed by atoms with Crippen LogP contribution in [0.4, 0.5) is 0 Å². The van der Waals surface area contributed by atoms with Crippen LogP contribution in [-0.2, 0) is 4.79 Å². The molecule has 3 aromatic rings. The first-order chi connectivity index (χ1) is 13.3. The van der Waals surface area contributed by atoms with Gasteiger partial charge in [-0.05, 0) is 44.5 Å². The maximum Gasteiger partial charge on any atom is 0.330 e. The molecule has 146 valence electrons. The summed E-state index contributed by atoms with van der Waals surface area (Å²) in [6, 6.07) is 7.15. The smallest absolute Gasteiger partial charge is 0.330 e. The Labute approximate surface area is 162 Å². The monoisotopic (exact) mass is 382 g/mol. The number of hydrogen-bond acceptors (Lipinski definition) is 5. The molecule has 3 rings (SSSR count). The molecule has 0 spiro atoms. The molecule has 28 heavy (non-hydrogen) atoms. The van der Waals surface area contributed by atoms with Crippen molar-refractivity contribution in [1.82, 2.24) is 20.1 Å². The lowest BCUT2D eigenvalue weighted by Crippen LogP contribution is -2.34. The minimum atomic E-state index is -1.19. The van der Waals surface area contributed by atoms with Crippen molar-refractivity contribution in [2.75, 3.05) is 7.11 Å². The molecule has 0 saturated heterocycles. The summed E-state index contributed by atoms with van der Waals surface area (Å²) in [4.78, 5) is 29.0. The second-order valence-electron chi connectivity index (χ2n) is 6.73. The van der Waals surface area contributed by atoms with Crippen molar-refractivity contribution in [2.24, 2.45) is 0 Å². The molecule has 1 aromatic carbocycles. The first-order valence-corrected chi connectivity index (χ1v) is 8.84. The molecule has 1 unspecified atom stereocenters. The van der Waals surface area contributed by atoms with E-state index in [0.717, 1.165) is 5.39 Å². The van der Waals surface area contributed by atoms with Gasteiger partial charge in [-0.1, -0.05) is 12.1 Å². The van der Waals surface area contributed by atoms with E-state index in [2.05, 4.69) is 15.4 Å². The highest BCUT2D eigenvalue weighted by atomic mass is 16.5. The lowest BCUT2D eigenvalue weighted by atomic mass is 10.1. The molecular weight excluding hydrogens is 360 g/mol. The van der Waals surface area contributed by atoms with Gasteiger partial charge in [0.2, 0.25) is 0 Å². The van der Waals surface area contributed by atoms with Gasteiger partial charge in [-0.2, -0.15) is 5.10 Å². The average molecular weight is 382 g/mol. The third-order valence-electron chi connectivity index (χ3n) is 4.46. The number of aliphatic carboxylic acids is 1. The van der Waals surface area contributed by atoms with Crippen LogP contribution < -0.4 is 10.1 Å². The van der Waals surface area contributed by atoms with Crippen molar-refractivity contribution in [1.29, 1.82) is 0 Å². The summed E-state index contributed by atoms with van der Waals surface area (Å²) in [6.07, 6.45) is 1.65. The average Bonchev–Trinajstić information content (AvgIpc) is 3.08. The Balaban J connectivity index is 1.91. The molecule has 1 atom stereocenters. The molecule has 2 N–H and O–H groups in total. The maximum atomic E-state index is 12.8. The van der Waals surface area contributed by atoms with Crippen molar-refractivity contribution in [2.45, 2.75) is 32.9 Å². The Hall–Kier alpha value is -3.42. The van der Waals surface area contributed by atoms with E-state index >= 15 is 0 Å². The second-order valence-corrected chi connectivity index (χ2v) is 6.73. The number of carbonyl (C=O) groups excluding carboxylic acids is 1. The quantitative estimate of drug-likeness (QED) is 0.679. The number of amides is 1. The number of fused-ring (bicyclic) bond motifs is 1. The van der Waals surface area contributed by atoms with Gasteiger partial charge in [0.15, 0.2) is 11.7 Å². The number of hydrogen-bond donors (Lipinski definition) is 2.